The number of nitrogens with one attached hydrogen (secondary N) is 1. The molecule has 0 radical (unpaired) electrons. The molecule has 0 spiro atoms. The molecule has 2 amide bonds. The number of hydrogen-bond donors (Lipinski definition) is 1. The van der Waals surface area contributed by atoms with E-state index in [9.17, 15) is 17.6 Å². The van der Waals surface area contributed by atoms with Gasteiger partial charge in [-0.15, -0.1) is 0 Å². The molecule has 31 heavy (non-hydrogen) atoms. The van der Waals surface area contributed by atoms with Gasteiger partial charge in [-0.25, -0.2) is 17.6 Å². The molecule has 166 valence electrons. The minimum absolute atomic E-state index is 0.0408. The predicted octanol–water partition coefficient (Wildman–Crippen LogP) is 2.37. The lowest BCUT2D eigenvalue weighted by Gasteiger charge is -2.34. The molecular formula is C21H24FN3O5S. The molecule has 2 aliphatic rings. The topological polar surface area (TPSA) is 88.2 Å². The van der Waals surface area contributed by atoms with Crippen molar-refractivity contribution in [3.63, 3.8) is 0 Å². The van der Waals surface area contributed by atoms with E-state index in [1.54, 1.807) is 4.90 Å². The molecule has 10 heteroatoms. The SMILES string of the molecule is CC(NC(=O)N1CCN(S(=O)(=O)c2ccc(F)cc2)CC1)c1ccc2c(c1)OCCO2. The van der Waals surface area contributed by atoms with E-state index in [4.69, 9.17) is 9.47 Å². The summed E-state index contributed by atoms with van der Waals surface area (Å²) in [5.74, 6) is 0.851. The quantitative estimate of drug-likeness (QED) is 0.774. The van der Waals surface area contributed by atoms with Crippen LogP contribution >= 0.6 is 0 Å². The van der Waals surface area contributed by atoms with Gasteiger partial charge in [-0.2, -0.15) is 4.31 Å². The highest BCUT2D eigenvalue weighted by Crippen LogP contribution is 2.32. The van der Waals surface area contributed by atoms with E-state index in [2.05, 4.69) is 5.32 Å². The van der Waals surface area contributed by atoms with Gasteiger partial charge < -0.3 is 19.7 Å². The first-order valence-electron chi connectivity index (χ1n) is 10.1. The van der Waals surface area contributed by atoms with E-state index < -0.39 is 15.8 Å². The Morgan fingerprint density at radius 1 is 1.00 bits per heavy atom. The zero-order valence-electron chi connectivity index (χ0n) is 17.1. The average Bonchev–Trinajstić information content (AvgIpc) is 2.79. The van der Waals surface area contributed by atoms with E-state index in [-0.39, 0.29) is 43.1 Å². The van der Waals surface area contributed by atoms with Crippen LogP contribution in [0.4, 0.5) is 9.18 Å². The largest absolute Gasteiger partial charge is 0.486 e. The van der Waals surface area contributed by atoms with E-state index in [0.717, 1.165) is 17.7 Å². The van der Waals surface area contributed by atoms with Crippen LogP contribution in [0.1, 0.15) is 18.5 Å². The van der Waals surface area contributed by atoms with Gasteiger partial charge in [-0.05, 0) is 48.9 Å². The number of carbonyl (C=O) groups excluding carboxylic acids is 1. The summed E-state index contributed by atoms with van der Waals surface area (Å²) in [6.45, 7) is 3.75. The van der Waals surface area contributed by atoms with Crippen LogP contribution in [0, 0.1) is 5.82 Å². The number of ether oxygens (including phenoxy) is 2. The number of fused-ring (bicyclic) bond motifs is 1. The van der Waals surface area contributed by atoms with Gasteiger partial charge in [0.25, 0.3) is 0 Å². The summed E-state index contributed by atoms with van der Waals surface area (Å²) in [5.41, 5.74) is 0.884. The maximum atomic E-state index is 13.1. The lowest BCUT2D eigenvalue weighted by atomic mass is 10.1. The average molecular weight is 450 g/mol. The third-order valence-electron chi connectivity index (χ3n) is 5.38. The van der Waals surface area contributed by atoms with Gasteiger partial charge in [0, 0.05) is 26.2 Å². The second-order valence-corrected chi connectivity index (χ2v) is 9.36. The Kier molecular flexibility index (Phi) is 6.01. The minimum Gasteiger partial charge on any atom is -0.486 e. The Labute approximate surface area is 180 Å². The maximum Gasteiger partial charge on any atom is 0.317 e. The van der Waals surface area contributed by atoms with Crippen LogP contribution in [0.15, 0.2) is 47.4 Å². The van der Waals surface area contributed by atoms with Crippen molar-refractivity contribution < 1.29 is 27.1 Å². The molecule has 1 unspecified atom stereocenters. The maximum absolute atomic E-state index is 13.1. The van der Waals surface area contributed by atoms with E-state index in [1.165, 1.54) is 16.4 Å². The van der Waals surface area contributed by atoms with Crippen molar-refractivity contribution in [3.8, 4) is 11.5 Å². The smallest absolute Gasteiger partial charge is 0.317 e. The third kappa shape index (κ3) is 4.59. The van der Waals surface area contributed by atoms with Crippen molar-refractivity contribution in [2.75, 3.05) is 39.4 Å². The van der Waals surface area contributed by atoms with Crippen molar-refractivity contribution in [1.82, 2.24) is 14.5 Å². The number of urea groups is 1. The lowest BCUT2D eigenvalue weighted by molar-refractivity contribution is 0.168. The summed E-state index contributed by atoms with van der Waals surface area (Å²) in [6.07, 6.45) is 0. The normalized spacial score (nSPS) is 17.8. The lowest BCUT2D eigenvalue weighted by Crippen LogP contribution is -2.53. The number of piperazine rings is 1. The number of carbonyl (C=O) groups is 1. The van der Waals surface area contributed by atoms with Crippen molar-refractivity contribution in [2.45, 2.75) is 17.9 Å². The Morgan fingerprint density at radius 2 is 1.65 bits per heavy atom. The first-order valence-corrected chi connectivity index (χ1v) is 11.5. The van der Waals surface area contributed by atoms with Crippen molar-refractivity contribution in [3.05, 3.63) is 53.8 Å². The Morgan fingerprint density at radius 3 is 2.32 bits per heavy atom. The second kappa shape index (κ2) is 8.72. The van der Waals surface area contributed by atoms with Crippen LogP contribution < -0.4 is 14.8 Å². The van der Waals surface area contributed by atoms with Crippen LogP contribution in [0.5, 0.6) is 11.5 Å². The highest BCUT2D eigenvalue weighted by molar-refractivity contribution is 7.89. The summed E-state index contributed by atoms with van der Waals surface area (Å²) < 4.78 is 51.0. The molecule has 2 aliphatic heterocycles. The van der Waals surface area contributed by atoms with Crippen molar-refractivity contribution >= 4 is 16.1 Å². The minimum atomic E-state index is -3.72. The van der Waals surface area contributed by atoms with E-state index in [1.807, 2.05) is 25.1 Å². The Bertz CT molecular complexity index is 1050. The summed E-state index contributed by atoms with van der Waals surface area (Å²) in [7, 11) is -3.72. The molecule has 2 heterocycles. The molecule has 2 aromatic rings. The van der Waals surface area contributed by atoms with Crippen LogP contribution in [-0.2, 0) is 10.0 Å². The van der Waals surface area contributed by atoms with Gasteiger partial charge >= 0.3 is 6.03 Å². The van der Waals surface area contributed by atoms with Gasteiger partial charge in [0.2, 0.25) is 10.0 Å². The van der Waals surface area contributed by atoms with Gasteiger partial charge in [0.1, 0.15) is 19.0 Å². The predicted molar refractivity (Wildman–Crippen MR) is 111 cm³/mol. The summed E-state index contributed by atoms with van der Waals surface area (Å²) >= 11 is 0. The molecule has 1 N–H and O–H groups in total. The van der Waals surface area contributed by atoms with Crippen LogP contribution in [0.3, 0.4) is 0 Å². The van der Waals surface area contributed by atoms with Gasteiger partial charge in [-0.1, -0.05) is 6.07 Å². The molecule has 1 atom stereocenters. The van der Waals surface area contributed by atoms with Gasteiger partial charge in [0.05, 0.1) is 10.9 Å². The first kappa shape index (κ1) is 21.4. The third-order valence-corrected chi connectivity index (χ3v) is 7.30. The molecule has 4 rings (SSSR count). The van der Waals surface area contributed by atoms with E-state index >= 15 is 0 Å². The van der Waals surface area contributed by atoms with Crippen LogP contribution in [0.25, 0.3) is 0 Å². The summed E-state index contributed by atoms with van der Waals surface area (Å²) in [6, 6.07) is 9.78. The number of rotatable bonds is 4. The monoisotopic (exact) mass is 449 g/mol. The van der Waals surface area contributed by atoms with Crippen molar-refractivity contribution in [2.24, 2.45) is 0 Å². The van der Waals surface area contributed by atoms with Crippen LogP contribution in [-0.4, -0.2) is 63.0 Å². The highest BCUT2D eigenvalue weighted by atomic mass is 32.2. The van der Waals surface area contributed by atoms with Crippen molar-refractivity contribution in [1.29, 1.82) is 0 Å². The number of benzene rings is 2. The zero-order chi connectivity index (χ0) is 22.0. The Balaban J connectivity index is 1.34. The highest BCUT2D eigenvalue weighted by Gasteiger charge is 2.30. The van der Waals surface area contributed by atoms with Crippen LogP contribution in [0.2, 0.25) is 0 Å². The first-order chi connectivity index (χ1) is 14.8. The zero-order valence-corrected chi connectivity index (χ0v) is 17.9. The summed E-state index contributed by atoms with van der Waals surface area (Å²) in [4.78, 5) is 14.3. The van der Waals surface area contributed by atoms with E-state index in [0.29, 0.717) is 24.7 Å². The molecular weight excluding hydrogens is 425 g/mol. The molecule has 1 saturated heterocycles. The molecule has 0 aromatic heterocycles. The number of nitrogens with zero attached hydrogens (tertiary/aromatic N) is 2. The number of halogens is 1. The molecule has 2 aromatic carbocycles. The van der Waals surface area contributed by atoms with Gasteiger partial charge in [-0.3, -0.25) is 0 Å². The number of amides is 2. The standard InChI is InChI=1S/C21H24FN3O5S/c1-15(16-2-7-19-20(14-16)30-13-12-29-19)23-21(26)24-8-10-25(11-9-24)31(27,28)18-5-3-17(22)4-6-18/h2-7,14-15H,8-13H2,1H3,(H,23,26). The Hall–Kier alpha value is -2.85. The number of sulfonamides is 1. The summed E-state index contributed by atoms with van der Waals surface area (Å²) in [5, 5.41) is 2.95. The fourth-order valence-corrected chi connectivity index (χ4v) is 5.00. The fraction of sp³-hybridized carbons (Fsp3) is 0.381. The number of hydrogen-bond acceptors (Lipinski definition) is 5. The molecule has 0 aliphatic carbocycles. The molecule has 1 fully saturated rings. The molecule has 8 nitrogen and oxygen atoms in total. The fourth-order valence-electron chi connectivity index (χ4n) is 3.58. The molecule has 0 saturated carbocycles. The molecule has 0 bridgehead atoms. The second-order valence-electron chi connectivity index (χ2n) is 7.42. The van der Waals surface area contributed by atoms with Gasteiger partial charge in [0.15, 0.2) is 11.5 Å².